The first-order valence-corrected chi connectivity index (χ1v) is 4.99. The minimum Gasteiger partial charge on any atom is -0.397 e. The molecular weight excluding hydrogens is 226 g/mol. The Kier molecular flexibility index (Phi) is 2.58. The van der Waals surface area contributed by atoms with Crippen LogP contribution >= 0.6 is 11.6 Å². The number of halogens is 1. The first-order chi connectivity index (χ1) is 7.58. The quantitative estimate of drug-likeness (QED) is 0.789. The molecule has 0 atom stereocenters. The fraction of sp³-hybridized carbons (Fsp3) is 0. The minimum atomic E-state index is -0.295. The van der Waals surface area contributed by atoms with Gasteiger partial charge in [0.15, 0.2) is 0 Å². The van der Waals surface area contributed by atoms with Crippen LogP contribution in [0.1, 0.15) is 0 Å². The molecule has 2 rings (SSSR count). The summed E-state index contributed by atoms with van der Waals surface area (Å²) in [5, 5.41) is 0.605. The van der Waals surface area contributed by atoms with Crippen molar-refractivity contribution < 1.29 is 0 Å². The second-order valence-corrected chi connectivity index (χ2v) is 3.82. The molecule has 0 spiro atoms. The molecule has 0 saturated carbocycles. The highest BCUT2D eigenvalue weighted by Crippen LogP contribution is 2.14. The van der Waals surface area contributed by atoms with Crippen molar-refractivity contribution in [2.24, 2.45) is 0 Å². The maximum absolute atomic E-state index is 11.8. The molecule has 82 valence electrons. The van der Waals surface area contributed by atoms with Crippen molar-refractivity contribution in [3.05, 3.63) is 51.9 Å². The molecule has 2 aromatic rings. The molecular formula is C11H10ClN3O. The van der Waals surface area contributed by atoms with E-state index in [4.69, 9.17) is 23.1 Å². The Morgan fingerprint density at radius 2 is 1.75 bits per heavy atom. The summed E-state index contributed by atoms with van der Waals surface area (Å²) in [5.74, 6) is 0. The molecule has 0 aliphatic rings. The summed E-state index contributed by atoms with van der Waals surface area (Å²) >= 11 is 5.76. The SMILES string of the molecule is Nc1cc(N)c(=O)n(-c2ccc(Cl)cc2)c1. The summed E-state index contributed by atoms with van der Waals surface area (Å²) in [5.41, 5.74) is 12.1. The molecule has 0 radical (unpaired) electrons. The zero-order valence-corrected chi connectivity index (χ0v) is 9.11. The van der Waals surface area contributed by atoms with Crippen LogP contribution < -0.4 is 17.0 Å². The molecule has 1 heterocycles. The standard InChI is InChI=1S/C11H10ClN3O/c12-7-1-3-9(4-2-7)15-6-8(13)5-10(14)11(15)16/h1-6H,13-14H2. The van der Waals surface area contributed by atoms with Crippen LogP contribution in [0.2, 0.25) is 5.02 Å². The van der Waals surface area contributed by atoms with Crippen LogP contribution in [0.15, 0.2) is 41.3 Å². The van der Waals surface area contributed by atoms with E-state index >= 15 is 0 Å². The zero-order valence-electron chi connectivity index (χ0n) is 8.35. The molecule has 1 aromatic carbocycles. The van der Waals surface area contributed by atoms with Gasteiger partial charge in [0.1, 0.15) is 5.69 Å². The summed E-state index contributed by atoms with van der Waals surface area (Å²) < 4.78 is 1.39. The van der Waals surface area contributed by atoms with Gasteiger partial charge >= 0.3 is 0 Å². The molecule has 16 heavy (non-hydrogen) atoms. The second kappa shape index (κ2) is 3.90. The summed E-state index contributed by atoms with van der Waals surface area (Å²) in [7, 11) is 0. The maximum Gasteiger partial charge on any atom is 0.278 e. The van der Waals surface area contributed by atoms with E-state index in [1.165, 1.54) is 16.8 Å². The summed E-state index contributed by atoms with van der Waals surface area (Å²) in [6.07, 6.45) is 1.53. The monoisotopic (exact) mass is 235 g/mol. The third-order valence-corrected chi connectivity index (χ3v) is 2.42. The highest BCUT2D eigenvalue weighted by atomic mass is 35.5. The number of pyridine rings is 1. The minimum absolute atomic E-state index is 0.120. The van der Waals surface area contributed by atoms with Crippen molar-refractivity contribution in [3.63, 3.8) is 0 Å². The molecule has 0 bridgehead atoms. The smallest absolute Gasteiger partial charge is 0.278 e. The van der Waals surface area contributed by atoms with Crippen LogP contribution in [-0.4, -0.2) is 4.57 Å². The number of nitrogen functional groups attached to an aromatic ring is 2. The lowest BCUT2D eigenvalue weighted by atomic mass is 10.3. The Labute approximate surface area is 97.1 Å². The Balaban J connectivity index is 2.64. The van der Waals surface area contributed by atoms with Gasteiger partial charge in [0.2, 0.25) is 0 Å². The number of hydrogen-bond acceptors (Lipinski definition) is 3. The highest BCUT2D eigenvalue weighted by molar-refractivity contribution is 6.30. The fourth-order valence-electron chi connectivity index (χ4n) is 1.42. The number of anilines is 2. The number of nitrogens with zero attached hydrogens (tertiary/aromatic N) is 1. The second-order valence-electron chi connectivity index (χ2n) is 3.38. The molecule has 4 nitrogen and oxygen atoms in total. The molecule has 0 aliphatic heterocycles. The van der Waals surface area contributed by atoms with E-state index in [0.29, 0.717) is 16.4 Å². The fourth-order valence-corrected chi connectivity index (χ4v) is 1.54. The molecule has 0 aliphatic carbocycles. The normalized spacial score (nSPS) is 10.3. The average Bonchev–Trinajstić information content (AvgIpc) is 2.25. The lowest BCUT2D eigenvalue weighted by molar-refractivity contribution is 0.998. The van der Waals surface area contributed by atoms with Gasteiger partial charge in [-0.2, -0.15) is 0 Å². The van der Waals surface area contributed by atoms with Gasteiger partial charge in [0.05, 0.1) is 5.69 Å². The first-order valence-electron chi connectivity index (χ1n) is 4.61. The van der Waals surface area contributed by atoms with Crippen molar-refractivity contribution in [1.29, 1.82) is 0 Å². The Hall–Kier alpha value is -1.94. The van der Waals surface area contributed by atoms with Gasteiger partial charge in [-0.1, -0.05) is 11.6 Å². The average molecular weight is 236 g/mol. The Morgan fingerprint density at radius 1 is 1.12 bits per heavy atom. The van der Waals surface area contributed by atoms with E-state index < -0.39 is 0 Å². The predicted octanol–water partition coefficient (Wildman–Crippen LogP) is 1.66. The van der Waals surface area contributed by atoms with Gasteiger partial charge in [-0.05, 0) is 30.3 Å². The van der Waals surface area contributed by atoms with Gasteiger partial charge in [-0.25, -0.2) is 0 Å². The number of nitrogens with two attached hydrogens (primary N) is 2. The first kappa shape index (κ1) is 10.6. The molecule has 0 unspecified atom stereocenters. The van der Waals surface area contributed by atoms with Gasteiger partial charge in [-0.15, -0.1) is 0 Å². The Morgan fingerprint density at radius 3 is 2.38 bits per heavy atom. The van der Waals surface area contributed by atoms with Crippen LogP contribution in [0.25, 0.3) is 5.69 Å². The van der Waals surface area contributed by atoms with Crippen molar-refractivity contribution in [3.8, 4) is 5.69 Å². The highest BCUT2D eigenvalue weighted by Gasteiger charge is 2.04. The number of hydrogen-bond donors (Lipinski definition) is 2. The predicted molar refractivity (Wildman–Crippen MR) is 65.9 cm³/mol. The van der Waals surface area contributed by atoms with E-state index in [1.807, 2.05) is 0 Å². The van der Waals surface area contributed by atoms with Crippen molar-refractivity contribution in [2.75, 3.05) is 11.5 Å². The van der Waals surface area contributed by atoms with Crippen molar-refractivity contribution in [2.45, 2.75) is 0 Å². The van der Waals surface area contributed by atoms with Crippen LogP contribution in [0.3, 0.4) is 0 Å². The maximum atomic E-state index is 11.8. The van der Waals surface area contributed by atoms with Crippen LogP contribution in [0.4, 0.5) is 11.4 Å². The van der Waals surface area contributed by atoms with E-state index in [9.17, 15) is 4.79 Å². The third-order valence-electron chi connectivity index (χ3n) is 2.17. The summed E-state index contributed by atoms with van der Waals surface area (Å²) in [6.45, 7) is 0. The topological polar surface area (TPSA) is 74.0 Å². The van der Waals surface area contributed by atoms with Crippen molar-refractivity contribution >= 4 is 23.0 Å². The van der Waals surface area contributed by atoms with Crippen molar-refractivity contribution in [1.82, 2.24) is 4.57 Å². The lowest BCUT2D eigenvalue weighted by Crippen LogP contribution is -2.21. The molecule has 5 heteroatoms. The molecule has 1 aromatic heterocycles. The Bertz CT molecular complexity index is 575. The van der Waals surface area contributed by atoms with E-state index in [2.05, 4.69) is 0 Å². The van der Waals surface area contributed by atoms with Crippen LogP contribution in [0.5, 0.6) is 0 Å². The van der Waals surface area contributed by atoms with Gasteiger partial charge in [-0.3, -0.25) is 9.36 Å². The van der Waals surface area contributed by atoms with Gasteiger partial charge < -0.3 is 11.5 Å². The molecule has 0 saturated heterocycles. The van der Waals surface area contributed by atoms with E-state index in [-0.39, 0.29) is 11.2 Å². The number of aromatic nitrogens is 1. The molecule has 0 fully saturated rings. The largest absolute Gasteiger partial charge is 0.397 e. The lowest BCUT2D eigenvalue weighted by Gasteiger charge is -2.07. The third kappa shape index (κ3) is 1.87. The number of rotatable bonds is 1. The molecule has 4 N–H and O–H groups in total. The summed E-state index contributed by atoms with van der Waals surface area (Å²) in [6, 6.07) is 8.28. The van der Waals surface area contributed by atoms with Gasteiger partial charge in [0.25, 0.3) is 5.56 Å². The van der Waals surface area contributed by atoms with E-state index in [1.54, 1.807) is 24.3 Å². The number of benzene rings is 1. The van der Waals surface area contributed by atoms with Crippen LogP contribution in [0, 0.1) is 0 Å². The summed E-state index contributed by atoms with van der Waals surface area (Å²) in [4.78, 5) is 11.8. The van der Waals surface area contributed by atoms with E-state index in [0.717, 1.165) is 0 Å². The zero-order chi connectivity index (χ0) is 11.7. The van der Waals surface area contributed by atoms with Crippen LogP contribution in [-0.2, 0) is 0 Å². The molecule has 0 amide bonds. The van der Waals surface area contributed by atoms with Gasteiger partial charge in [0, 0.05) is 16.9 Å².